The Labute approximate surface area is 221 Å². The number of aromatic nitrogens is 1. The van der Waals surface area contributed by atoms with Crippen LogP contribution in [0.25, 0.3) is 11.1 Å². The number of urea groups is 1. The Bertz CT molecular complexity index is 1470. The number of nitrogens with one attached hydrogen (secondary N) is 2. The zero-order valence-corrected chi connectivity index (χ0v) is 21.6. The highest BCUT2D eigenvalue weighted by molar-refractivity contribution is 7.14. The van der Waals surface area contributed by atoms with E-state index in [0.29, 0.717) is 55.6 Å². The fourth-order valence-corrected chi connectivity index (χ4v) is 5.43. The summed E-state index contributed by atoms with van der Waals surface area (Å²) in [7, 11) is 0. The van der Waals surface area contributed by atoms with Gasteiger partial charge in [0.2, 0.25) is 0 Å². The van der Waals surface area contributed by atoms with Gasteiger partial charge in [-0.05, 0) is 35.4 Å². The molecule has 0 radical (unpaired) electrons. The van der Waals surface area contributed by atoms with E-state index in [1.165, 1.54) is 11.3 Å². The number of amides is 2. The van der Waals surface area contributed by atoms with E-state index in [1.54, 1.807) is 41.8 Å². The van der Waals surface area contributed by atoms with Gasteiger partial charge in [0.15, 0.2) is 4.47 Å². The van der Waals surface area contributed by atoms with Crippen LogP contribution in [0.15, 0.2) is 60.0 Å². The molecule has 10 heteroatoms. The van der Waals surface area contributed by atoms with Crippen molar-refractivity contribution in [2.24, 2.45) is 0 Å². The van der Waals surface area contributed by atoms with E-state index < -0.39 is 17.3 Å². The topological polar surface area (TPSA) is 77.5 Å². The Morgan fingerprint density at radius 2 is 1.86 bits per heavy atom. The number of hydrogen-bond acceptors (Lipinski definition) is 5. The molecule has 0 atom stereocenters. The first kappa shape index (κ1) is 24.4. The van der Waals surface area contributed by atoms with Crippen molar-refractivity contribution in [2.75, 3.05) is 22.1 Å². The molecule has 2 amide bonds. The standard InChI is InChI=1S/C26H21Cl2FN4O2S/c1-26(2)13-33(18-6-4-3-5-17(18)30-25(35)32-20-12-36-24(28)31-20)23-19(34)11-16(29)21(22(23)26)14-7-9-15(27)10-8-14/h3-12,34H,13H2,1-2H3,(H2,30,32,35). The van der Waals surface area contributed by atoms with E-state index >= 15 is 4.39 Å². The number of hydrogen-bond donors (Lipinski definition) is 3. The molecule has 0 bridgehead atoms. The van der Waals surface area contributed by atoms with Gasteiger partial charge in [0.1, 0.15) is 17.4 Å². The second-order valence-electron chi connectivity index (χ2n) is 9.04. The fraction of sp³-hybridized carbons (Fsp3) is 0.154. The summed E-state index contributed by atoms with van der Waals surface area (Å²) in [5, 5.41) is 18.6. The minimum atomic E-state index is -0.531. The van der Waals surface area contributed by atoms with E-state index in [-0.39, 0.29) is 5.75 Å². The van der Waals surface area contributed by atoms with Gasteiger partial charge in [0.25, 0.3) is 0 Å². The predicted octanol–water partition coefficient (Wildman–Crippen LogP) is 8.03. The second kappa shape index (κ2) is 9.28. The highest BCUT2D eigenvalue weighted by atomic mass is 35.5. The van der Waals surface area contributed by atoms with Crippen molar-refractivity contribution in [1.82, 2.24) is 4.98 Å². The molecule has 2 heterocycles. The van der Waals surface area contributed by atoms with Crippen molar-refractivity contribution in [3.8, 4) is 16.9 Å². The van der Waals surface area contributed by atoms with Crippen LogP contribution in [0.5, 0.6) is 5.75 Å². The van der Waals surface area contributed by atoms with E-state index in [2.05, 4.69) is 15.6 Å². The number of phenolic OH excluding ortho intramolecular Hbond substituents is 1. The number of nitrogens with zero attached hydrogens (tertiary/aromatic N) is 2. The minimum Gasteiger partial charge on any atom is -0.506 e. The summed E-state index contributed by atoms with van der Waals surface area (Å²) in [6, 6.07) is 14.8. The molecule has 0 unspecified atom stereocenters. The summed E-state index contributed by atoms with van der Waals surface area (Å²) < 4.78 is 15.7. The SMILES string of the molecule is CC1(C)CN(c2ccccc2NC(=O)Nc2csc(Cl)n2)c2c(O)cc(F)c(-c3ccc(Cl)cc3)c21. The van der Waals surface area contributed by atoms with E-state index in [9.17, 15) is 9.90 Å². The maximum absolute atomic E-state index is 15.3. The number of fused-ring (bicyclic) bond motifs is 1. The summed E-state index contributed by atoms with van der Waals surface area (Å²) in [5.74, 6) is -0.355. The molecule has 36 heavy (non-hydrogen) atoms. The van der Waals surface area contributed by atoms with Gasteiger partial charge in [-0.15, -0.1) is 11.3 Å². The lowest BCUT2D eigenvalue weighted by Gasteiger charge is -2.25. The lowest BCUT2D eigenvalue weighted by atomic mass is 9.81. The summed E-state index contributed by atoms with van der Waals surface area (Å²) in [5.41, 5.74) is 2.88. The van der Waals surface area contributed by atoms with Gasteiger partial charge in [0, 0.05) is 34.0 Å². The average Bonchev–Trinajstić information content (AvgIpc) is 3.35. The molecule has 184 valence electrons. The Kier molecular flexibility index (Phi) is 6.28. The van der Waals surface area contributed by atoms with Crippen molar-refractivity contribution in [3.05, 3.63) is 80.8 Å². The number of halogens is 3. The van der Waals surface area contributed by atoms with Gasteiger partial charge in [-0.3, -0.25) is 5.32 Å². The van der Waals surface area contributed by atoms with Crippen LogP contribution >= 0.6 is 34.5 Å². The van der Waals surface area contributed by atoms with Crippen molar-refractivity contribution in [1.29, 1.82) is 0 Å². The molecular weight excluding hydrogens is 522 g/mol. The van der Waals surface area contributed by atoms with Crippen LogP contribution < -0.4 is 15.5 Å². The zero-order chi connectivity index (χ0) is 25.6. The van der Waals surface area contributed by atoms with Crippen molar-refractivity contribution in [2.45, 2.75) is 19.3 Å². The van der Waals surface area contributed by atoms with Crippen molar-refractivity contribution >= 4 is 63.4 Å². The molecule has 0 saturated carbocycles. The average molecular weight is 543 g/mol. The lowest BCUT2D eigenvalue weighted by molar-refractivity contribution is 0.262. The summed E-state index contributed by atoms with van der Waals surface area (Å²) in [6.45, 7) is 4.44. The second-order valence-corrected chi connectivity index (χ2v) is 10.9. The number of carbonyl (C=O) groups is 1. The first-order chi connectivity index (χ1) is 17.1. The van der Waals surface area contributed by atoms with Gasteiger partial charge >= 0.3 is 6.03 Å². The number of benzene rings is 3. The Hall–Kier alpha value is -3.33. The number of phenols is 1. The normalized spacial score (nSPS) is 14.0. The molecule has 3 N–H and O–H groups in total. The van der Waals surface area contributed by atoms with Crippen LogP contribution in [0.3, 0.4) is 0 Å². The molecule has 4 aromatic rings. The lowest BCUT2D eigenvalue weighted by Crippen LogP contribution is -2.27. The summed E-state index contributed by atoms with van der Waals surface area (Å²) >= 11 is 13.1. The molecule has 6 nitrogen and oxygen atoms in total. The quantitative estimate of drug-likeness (QED) is 0.244. The van der Waals surface area contributed by atoms with Crippen LogP contribution in [0, 0.1) is 5.82 Å². The van der Waals surface area contributed by atoms with E-state index in [4.69, 9.17) is 23.2 Å². The van der Waals surface area contributed by atoms with Gasteiger partial charge in [-0.1, -0.05) is 61.3 Å². The van der Waals surface area contributed by atoms with Gasteiger partial charge in [-0.25, -0.2) is 14.2 Å². The van der Waals surface area contributed by atoms with E-state index in [0.717, 1.165) is 6.07 Å². The first-order valence-corrected chi connectivity index (χ1v) is 12.6. The number of anilines is 4. The van der Waals surface area contributed by atoms with Crippen LogP contribution in [0.1, 0.15) is 19.4 Å². The minimum absolute atomic E-state index is 0.179. The van der Waals surface area contributed by atoms with Crippen LogP contribution in [0.4, 0.5) is 32.1 Å². The third kappa shape index (κ3) is 4.48. The van der Waals surface area contributed by atoms with Crippen molar-refractivity contribution in [3.63, 3.8) is 0 Å². The highest BCUT2D eigenvalue weighted by Gasteiger charge is 2.42. The maximum Gasteiger partial charge on any atom is 0.324 e. The van der Waals surface area contributed by atoms with Gasteiger partial charge < -0.3 is 15.3 Å². The number of carbonyl (C=O) groups excluding carboxylic acids is 1. The summed E-state index contributed by atoms with van der Waals surface area (Å²) in [4.78, 5) is 18.6. The molecule has 0 aliphatic carbocycles. The molecular formula is C26H21Cl2FN4O2S. The molecule has 0 spiro atoms. The molecule has 0 saturated heterocycles. The summed E-state index contributed by atoms with van der Waals surface area (Å²) in [6.07, 6.45) is 0. The number of aromatic hydroxyl groups is 1. The molecule has 5 rings (SSSR count). The smallest absolute Gasteiger partial charge is 0.324 e. The third-order valence-electron chi connectivity index (χ3n) is 6.03. The maximum atomic E-state index is 15.3. The third-order valence-corrected chi connectivity index (χ3v) is 7.26. The van der Waals surface area contributed by atoms with Crippen molar-refractivity contribution < 1.29 is 14.3 Å². The number of para-hydroxylation sites is 2. The van der Waals surface area contributed by atoms with Crippen LogP contribution in [-0.2, 0) is 5.41 Å². The molecule has 1 aliphatic rings. The molecule has 1 aliphatic heterocycles. The molecule has 3 aromatic carbocycles. The predicted molar refractivity (Wildman–Crippen MR) is 145 cm³/mol. The Morgan fingerprint density at radius 1 is 1.14 bits per heavy atom. The van der Waals surface area contributed by atoms with Gasteiger partial charge in [0.05, 0.1) is 17.1 Å². The van der Waals surface area contributed by atoms with Crippen LogP contribution in [-0.4, -0.2) is 22.7 Å². The fourth-order valence-electron chi connectivity index (χ4n) is 4.61. The largest absolute Gasteiger partial charge is 0.506 e. The Morgan fingerprint density at radius 3 is 2.56 bits per heavy atom. The molecule has 0 fully saturated rings. The number of rotatable bonds is 4. The van der Waals surface area contributed by atoms with E-state index in [1.807, 2.05) is 30.9 Å². The van der Waals surface area contributed by atoms with Gasteiger partial charge in [-0.2, -0.15) is 0 Å². The number of thiazole rings is 1. The molecule has 1 aromatic heterocycles. The zero-order valence-electron chi connectivity index (χ0n) is 19.3. The Balaban J connectivity index is 1.57. The van der Waals surface area contributed by atoms with Crippen LogP contribution in [0.2, 0.25) is 9.49 Å². The first-order valence-electron chi connectivity index (χ1n) is 11.0. The monoisotopic (exact) mass is 542 g/mol. The highest BCUT2D eigenvalue weighted by Crippen LogP contribution is 2.54.